The molecule has 2 aliphatic carbocycles. The highest BCUT2D eigenvalue weighted by Gasteiger charge is 2.52. The number of hydrogen-bond acceptors (Lipinski definition) is 1. The molecule has 2 aliphatic rings. The number of rotatable bonds is 6. The number of fused-ring (bicyclic) bond motifs is 1. The summed E-state index contributed by atoms with van der Waals surface area (Å²) in [6.45, 7) is 16.2. The van der Waals surface area contributed by atoms with E-state index in [1.807, 2.05) is 6.92 Å². The summed E-state index contributed by atoms with van der Waals surface area (Å²) in [4.78, 5) is 0. The molecule has 2 unspecified atom stereocenters. The van der Waals surface area contributed by atoms with Crippen molar-refractivity contribution in [2.75, 3.05) is 0 Å². The van der Waals surface area contributed by atoms with Crippen molar-refractivity contribution in [3.8, 4) is 0 Å². The first-order valence-corrected chi connectivity index (χ1v) is 10.2. The maximum atomic E-state index is 9.41. The van der Waals surface area contributed by atoms with Crippen LogP contribution in [0.15, 0.2) is 23.8 Å². The van der Waals surface area contributed by atoms with E-state index in [0.717, 1.165) is 18.8 Å². The van der Waals surface area contributed by atoms with Crippen LogP contribution in [-0.2, 0) is 0 Å². The Kier molecular flexibility index (Phi) is 6.40. The standard InChI is InChI=1S/C23H40O/c1-17(9-7-10-19(3)24)11-13-20-18(2)12-14-21-22(4,5)15-8-16-23(20,21)6/h9,19-21,24H,2,7-8,10-16H2,1,3-6H3/b17-9+/t19?,20-,21?,23+/m1/s1. The van der Waals surface area contributed by atoms with Crippen LogP contribution < -0.4 is 0 Å². The molecule has 4 atom stereocenters. The van der Waals surface area contributed by atoms with Crippen molar-refractivity contribution in [1.82, 2.24) is 0 Å². The molecular weight excluding hydrogens is 292 g/mol. The van der Waals surface area contributed by atoms with Gasteiger partial charge in [-0.3, -0.25) is 0 Å². The van der Waals surface area contributed by atoms with Gasteiger partial charge in [0.15, 0.2) is 0 Å². The van der Waals surface area contributed by atoms with Gasteiger partial charge in [-0.2, -0.15) is 0 Å². The van der Waals surface area contributed by atoms with Crippen LogP contribution in [0.4, 0.5) is 0 Å². The lowest BCUT2D eigenvalue weighted by Gasteiger charge is -2.58. The Morgan fingerprint density at radius 1 is 1.33 bits per heavy atom. The van der Waals surface area contributed by atoms with Crippen molar-refractivity contribution < 1.29 is 5.11 Å². The van der Waals surface area contributed by atoms with E-state index in [9.17, 15) is 5.11 Å². The first kappa shape index (κ1) is 19.8. The minimum atomic E-state index is -0.184. The van der Waals surface area contributed by atoms with E-state index < -0.39 is 0 Å². The van der Waals surface area contributed by atoms with Crippen LogP contribution in [0, 0.1) is 22.7 Å². The van der Waals surface area contributed by atoms with Crippen LogP contribution in [0.5, 0.6) is 0 Å². The summed E-state index contributed by atoms with van der Waals surface area (Å²) in [5, 5.41) is 9.41. The van der Waals surface area contributed by atoms with Crippen LogP contribution >= 0.6 is 0 Å². The maximum Gasteiger partial charge on any atom is 0.0515 e. The van der Waals surface area contributed by atoms with Gasteiger partial charge in [-0.15, -0.1) is 0 Å². The topological polar surface area (TPSA) is 20.2 Å². The third-order valence-electron chi connectivity index (χ3n) is 7.22. The molecule has 1 heteroatoms. The Bertz CT molecular complexity index is 470. The molecule has 0 aromatic heterocycles. The van der Waals surface area contributed by atoms with Crippen molar-refractivity contribution in [3.05, 3.63) is 23.8 Å². The molecule has 1 N–H and O–H groups in total. The molecule has 0 heterocycles. The number of hydrogen-bond donors (Lipinski definition) is 1. The zero-order valence-corrected chi connectivity index (χ0v) is 16.8. The predicted octanol–water partition coefficient (Wildman–Crippen LogP) is 6.67. The molecule has 138 valence electrons. The largest absolute Gasteiger partial charge is 0.393 e. The Morgan fingerprint density at radius 2 is 2.04 bits per heavy atom. The fraction of sp³-hybridized carbons (Fsp3) is 0.826. The molecule has 0 amide bonds. The Balaban J connectivity index is 2.03. The summed E-state index contributed by atoms with van der Waals surface area (Å²) in [5.41, 5.74) is 3.96. The van der Waals surface area contributed by atoms with Gasteiger partial charge in [-0.05, 0) is 87.9 Å². The van der Waals surface area contributed by atoms with Gasteiger partial charge in [-0.25, -0.2) is 0 Å². The van der Waals surface area contributed by atoms with E-state index in [2.05, 4.69) is 40.3 Å². The first-order chi connectivity index (χ1) is 11.2. The van der Waals surface area contributed by atoms with Gasteiger partial charge in [0.05, 0.1) is 6.10 Å². The van der Waals surface area contributed by atoms with Gasteiger partial charge < -0.3 is 5.11 Å². The van der Waals surface area contributed by atoms with Gasteiger partial charge in [0, 0.05) is 0 Å². The van der Waals surface area contributed by atoms with E-state index in [0.29, 0.717) is 16.7 Å². The van der Waals surface area contributed by atoms with Crippen molar-refractivity contribution >= 4 is 0 Å². The van der Waals surface area contributed by atoms with Gasteiger partial charge in [0.1, 0.15) is 0 Å². The second kappa shape index (κ2) is 7.77. The quantitative estimate of drug-likeness (QED) is 0.538. The lowest BCUT2D eigenvalue weighted by Crippen LogP contribution is -2.49. The average Bonchev–Trinajstić information content (AvgIpc) is 2.45. The molecule has 0 aromatic carbocycles. The van der Waals surface area contributed by atoms with E-state index in [4.69, 9.17) is 0 Å². The van der Waals surface area contributed by atoms with Gasteiger partial charge in [0.25, 0.3) is 0 Å². The summed E-state index contributed by atoms with van der Waals surface area (Å²) in [5.74, 6) is 1.55. The van der Waals surface area contributed by atoms with Gasteiger partial charge in [0.2, 0.25) is 0 Å². The predicted molar refractivity (Wildman–Crippen MR) is 105 cm³/mol. The Labute approximate surface area is 150 Å². The van der Waals surface area contributed by atoms with Crippen molar-refractivity contribution in [3.63, 3.8) is 0 Å². The molecule has 0 bridgehead atoms. The van der Waals surface area contributed by atoms with E-state index >= 15 is 0 Å². The zero-order valence-electron chi connectivity index (χ0n) is 16.8. The van der Waals surface area contributed by atoms with E-state index in [1.165, 1.54) is 56.1 Å². The molecule has 0 aliphatic heterocycles. The summed E-state index contributed by atoms with van der Waals surface area (Å²) < 4.78 is 0. The molecule has 24 heavy (non-hydrogen) atoms. The first-order valence-electron chi connectivity index (χ1n) is 10.2. The third-order valence-corrected chi connectivity index (χ3v) is 7.22. The van der Waals surface area contributed by atoms with Crippen molar-refractivity contribution in [1.29, 1.82) is 0 Å². The normalized spacial score (nSPS) is 34.8. The second-order valence-corrected chi connectivity index (χ2v) is 9.67. The van der Waals surface area contributed by atoms with E-state index in [-0.39, 0.29) is 6.10 Å². The lowest BCUT2D eigenvalue weighted by molar-refractivity contribution is -0.0539. The molecule has 1 nitrogen and oxygen atoms in total. The van der Waals surface area contributed by atoms with Gasteiger partial charge >= 0.3 is 0 Å². The summed E-state index contributed by atoms with van der Waals surface area (Å²) >= 11 is 0. The molecule has 0 aromatic rings. The highest BCUT2D eigenvalue weighted by Crippen LogP contribution is 2.61. The molecule has 0 radical (unpaired) electrons. The highest BCUT2D eigenvalue weighted by atomic mass is 16.3. The molecular formula is C23H40O. The molecule has 2 fully saturated rings. The maximum absolute atomic E-state index is 9.41. The van der Waals surface area contributed by atoms with Crippen molar-refractivity contribution in [2.24, 2.45) is 22.7 Å². The monoisotopic (exact) mass is 332 g/mol. The average molecular weight is 333 g/mol. The lowest BCUT2D eigenvalue weighted by atomic mass is 9.47. The number of allylic oxidation sites excluding steroid dienone is 3. The van der Waals surface area contributed by atoms with E-state index in [1.54, 1.807) is 0 Å². The summed E-state index contributed by atoms with van der Waals surface area (Å²) in [6.07, 6.45) is 13.2. The van der Waals surface area contributed by atoms with Crippen LogP contribution in [0.25, 0.3) is 0 Å². The molecule has 2 rings (SSSR count). The zero-order chi connectivity index (χ0) is 18.0. The fourth-order valence-electron chi connectivity index (χ4n) is 5.85. The summed E-state index contributed by atoms with van der Waals surface area (Å²) in [6, 6.07) is 0. The minimum Gasteiger partial charge on any atom is -0.393 e. The number of aliphatic hydroxyl groups is 1. The van der Waals surface area contributed by atoms with Gasteiger partial charge in [-0.1, -0.05) is 51.0 Å². The van der Waals surface area contributed by atoms with Crippen LogP contribution in [0.1, 0.15) is 92.4 Å². The summed E-state index contributed by atoms with van der Waals surface area (Å²) in [7, 11) is 0. The smallest absolute Gasteiger partial charge is 0.0515 e. The Morgan fingerprint density at radius 3 is 2.71 bits per heavy atom. The highest BCUT2D eigenvalue weighted by molar-refractivity contribution is 5.16. The Hall–Kier alpha value is -0.560. The van der Waals surface area contributed by atoms with Crippen molar-refractivity contribution in [2.45, 2.75) is 98.5 Å². The second-order valence-electron chi connectivity index (χ2n) is 9.67. The SMILES string of the molecule is C=C1CCC2C(C)(C)CCC[C@@]2(C)[C@@H]1CC/C(C)=C/CCC(C)O. The molecule has 0 saturated heterocycles. The molecule has 2 saturated carbocycles. The molecule has 0 spiro atoms. The number of aliphatic hydroxyl groups excluding tert-OH is 1. The minimum absolute atomic E-state index is 0.184. The fourth-order valence-corrected chi connectivity index (χ4v) is 5.85. The van der Waals surface area contributed by atoms with Crippen LogP contribution in [0.2, 0.25) is 0 Å². The third kappa shape index (κ3) is 4.34. The van der Waals surface area contributed by atoms with Crippen LogP contribution in [0.3, 0.4) is 0 Å². The van der Waals surface area contributed by atoms with Crippen LogP contribution in [-0.4, -0.2) is 11.2 Å².